The fourth-order valence-electron chi connectivity index (χ4n) is 3.95. The van der Waals surface area contributed by atoms with Crippen molar-refractivity contribution >= 4 is 11.9 Å². The van der Waals surface area contributed by atoms with Crippen molar-refractivity contribution in [1.82, 2.24) is 0 Å². The fraction of sp³-hybridized carbons (Fsp3) is 0.333. The minimum Gasteiger partial charge on any atom is -0.504 e. The number of methoxy groups -OCH3 is 2. The number of phenolic OH excluding ortho intramolecular Hbond substituents is 1. The van der Waals surface area contributed by atoms with E-state index in [4.69, 9.17) is 28.4 Å². The van der Waals surface area contributed by atoms with Crippen LogP contribution in [0, 0.1) is 5.41 Å². The lowest BCUT2D eigenvalue weighted by molar-refractivity contribution is -0.157. The Morgan fingerprint density at radius 3 is 2.36 bits per heavy atom. The maximum atomic E-state index is 12.5. The largest absolute Gasteiger partial charge is 0.504 e. The molecular formula is C30H32O9. The number of benzene rings is 3. The van der Waals surface area contributed by atoms with Crippen molar-refractivity contribution in [3.8, 4) is 28.7 Å². The highest BCUT2D eigenvalue weighted by molar-refractivity contribution is 5.91. The third-order valence-corrected chi connectivity index (χ3v) is 6.06. The number of hydrogen-bond acceptors (Lipinski definition) is 9. The van der Waals surface area contributed by atoms with Gasteiger partial charge in [-0.1, -0.05) is 36.4 Å². The molecule has 1 aliphatic heterocycles. The fourth-order valence-corrected chi connectivity index (χ4v) is 3.95. The van der Waals surface area contributed by atoms with E-state index in [0.717, 1.165) is 5.56 Å². The van der Waals surface area contributed by atoms with Crippen LogP contribution in [0.1, 0.15) is 48.4 Å². The van der Waals surface area contributed by atoms with Crippen LogP contribution in [0.5, 0.6) is 28.7 Å². The molecule has 4 rings (SSSR count). The Balaban J connectivity index is 1.65. The molecule has 9 nitrogen and oxygen atoms in total. The third-order valence-electron chi connectivity index (χ3n) is 6.06. The Morgan fingerprint density at radius 1 is 0.949 bits per heavy atom. The average Bonchev–Trinajstić information content (AvgIpc) is 2.93. The smallest absolute Gasteiger partial charge is 0.338 e. The van der Waals surface area contributed by atoms with Crippen LogP contribution in [0.3, 0.4) is 0 Å². The van der Waals surface area contributed by atoms with Crippen molar-refractivity contribution in [2.45, 2.75) is 39.6 Å². The first-order valence-electron chi connectivity index (χ1n) is 12.4. The van der Waals surface area contributed by atoms with E-state index < -0.39 is 29.6 Å². The van der Waals surface area contributed by atoms with Crippen LogP contribution >= 0.6 is 0 Å². The molecule has 0 aromatic heterocycles. The second-order valence-corrected chi connectivity index (χ2v) is 10.0. The summed E-state index contributed by atoms with van der Waals surface area (Å²) in [6.45, 7) is 5.46. The highest BCUT2D eigenvalue weighted by Crippen LogP contribution is 2.47. The quantitative estimate of drug-likeness (QED) is 0.387. The van der Waals surface area contributed by atoms with Gasteiger partial charge in [0, 0.05) is 5.56 Å². The zero-order chi connectivity index (χ0) is 28.2. The summed E-state index contributed by atoms with van der Waals surface area (Å²) in [5.41, 5.74) is 1.02. The molecule has 1 aliphatic rings. The summed E-state index contributed by atoms with van der Waals surface area (Å²) >= 11 is 0. The summed E-state index contributed by atoms with van der Waals surface area (Å²) in [5.74, 6) is -0.189. The van der Waals surface area contributed by atoms with Gasteiger partial charge in [0.15, 0.2) is 35.2 Å². The number of ether oxygens (including phenoxy) is 6. The molecule has 39 heavy (non-hydrogen) atoms. The van der Waals surface area contributed by atoms with Gasteiger partial charge in [0.05, 0.1) is 25.2 Å². The lowest BCUT2D eigenvalue weighted by atomic mass is 9.97. The van der Waals surface area contributed by atoms with Gasteiger partial charge in [0.25, 0.3) is 0 Å². The van der Waals surface area contributed by atoms with Gasteiger partial charge in [-0.2, -0.15) is 0 Å². The van der Waals surface area contributed by atoms with E-state index in [1.807, 2.05) is 30.3 Å². The summed E-state index contributed by atoms with van der Waals surface area (Å²) in [6.07, 6.45) is -1.60. The third kappa shape index (κ3) is 6.37. The number of hydrogen-bond donors (Lipinski definition) is 1. The summed E-state index contributed by atoms with van der Waals surface area (Å²) < 4.78 is 34.2. The maximum Gasteiger partial charge on any atom is 0.338 e. The van der Waals surface area contributed by atoms with Gasteiger partial charge in [-0.3, -0.25) is 4.79 Å². The number of carbonyl (C=O) groups is 2. The van der Waals surface area contributed by atoms with Crippen LogP contribution in [0.2, 0.25) is 0 Å². The first-order chi connectivity index (χ1) is 18.6. The molecular weight excluding hydrogens is 504 g/mol. The number of rotatable bonds is 8. The van der Waals surface area contributed by atoms with Crippen molar-refractivity contribution < 1.29 is 43.1 Å². The molecule has 0 unspecified atom stereocenters. The zero-order valence-corrected chi connectivity index (χ0v) is 22.6. The molecule has 0 saturated heterocycles. The van der Waals surface area contributed by atoms with Crippen LogP contribution in [-0.2, 0) is 20.9 Å². The van der Waals surface area contributed by atoms with Gasteiger partial charge in [-0.05, 0) is 50.6 Å². The second kappa shape index (κ2) is 11.6. The van der Waals surface area contributed by atoms with Crippen molar-refractivity contribution in [1.29, 1.82) is 0 Å². The van der Waals surface area contributed by atoms with Crippen LogP contribution < -0.4 is 18.9 Å². The van der Waals surface area contributed by atoms with Crippen molar-refractivity contribution in [2.75, 3.05) is 20.8 Å². The first kappa shape index (κ1) is 27.6. The molecule has 9 heteroatoms. The second-order valence-electron chi connectivity index (χ2n) is 10.0. The first-order valence-corrected chi connectivity index (χ1v) is 12.4. The SMILES string of the molecule is COC(=O)c1cc(O)c2c(c1)O[C@H](c1ccc(OCc3ccccc3)c(OC)c1)[C@@H](COC(=O)C(C)(C)C)O2. The van der Waals surface area contributed by atoms with Crippen molar-refractivity contribution in [3.63, 3.8) is 0 Å². The van der Waals surface area contributed by atoms with Crippen LogP contribution in [0.15, 0.2) is 60.7 Å². The summed E-state index contributed by atoms with van der Waals surface area (Å²) in [4.78, 5) is 24.6. The molecule has 0 saturated carbocycles. The molecule has 0 fully saturated rings. The molecule has 0 spiro atoms. The predicted molar refractivity (Wildman–Crippen MR) is 141 cm³/mol. The molecule has 1 heterocycles. The molecule has 0 amide bonds. The standard InChI is InChI=1S/C30H32O9/c1-30(2,3)29(33)37-17-25-26(38-24-15-20(28(32)35-5)13-21(31)27(24)39-25)19-11-12-22(23(14-19)34-4)36-16-18-9-7-6-8-10-18/h6-15,25-26,31H,16-17H2,1-5H3/t25-,26-/m1/s1. The molecule has 0 radical (unpaired) electrons. The molecule has 3 aromatic rings. The molecule has 0 bridgehead atoms. The van der Waals surface area contributed by atoms with Gasteiger partial charge in [0.2, 0.25) is 5.75 Å². The summed E-state index contributed by atoms with van der Waals surface area (Å²) in [6, 6.07) is 17.7. The van der Waals surface area contributed by atoms with Gasteiger partial charge < -0.3 is 33.5 Å². The Labute approximate surface area is 227 Å². The zero-order valence-electron chi connectivity index (χ0n) is 22.6. The Bertz CT molecular complexity index is 1330. The minimum atomic E-state index is -0.820. The highest BCUT2D eigenvalue weighted by atomic mass is 16.6. The number of fused-ring (bicyclic) bond motifs is 1. The van der Waals surface area contributed by atoms with Crippen molar-refractivity contribution in [3.05, 3.63) is 77.4 Å². The van der Waals surface area contributed by atoms with E-state index in [1.165, 1.54) is 26.4 Å². The Hall–Kier alpha value is -4.40. The minimum absolute atomic E-state index is 0.0329. The van der Waals surface area contributed by atoms with Gasteiger partial charge in [-0.15, -0.1) is 0 Å². The highest BCUT2D eigenvalue weighted by Gasteiger charge is 2.37. The number of phenols is 1. The van der Waals surface area contributed by atoms with E-state index in [0.29, 0.717) is 23.7 Å². The predicted octanol–water partition coefficient (Wildman–Crippen LogP) is 5.24. The summed E-state index contributed by atoms with van der Waals surface area (Å²) in [7, 11) is 2.78. The van der Waals surface area contributed by atoms with E-state index in [2.05, 4.69) is 0 Å². The van der Waals surface area contributed by atoms with E-state index >= 15 is 0 Å². The molecule has 206 valence electrons. The number of aromatic hydroxyl groups is 1. The van der Waals surface area contributed by atoms with Gasteiger partial charge in [-0.25, -0.2) is 4.79 Å². The molecule has 2 atom stereocenters. The van der Waals surface area contributed by atoms with Crippen LogP contribution in [-0.4, -0.2) is 44.0 Å². The van der Waals surface area contributed by atoms with Crippen LogP contribution in [0.25, 0.3) is 0 Å². The lowest BCUT2D eigenvalue weighted by Gasteiger charge is -2.35. The van der Waals surface area contributed by atoms with E-state index in [1.54, 1.807) is 39.0 Å². The van der Waals surface area contributed by atoms with E-state index in [-0.39, 0.29) is 29.4 Å². The monoisotopic (exact) mass is 536 g/mol. The van der Waals surface area contributed by atoms with Crippen molar-refractivity contribution in [2.24, 2.45) is 5.41 Å². The van der Waals surface area contributed by atoms with E-state index in [9.17, 15) is 14.7 Å². The topological polar surface area (TPSA) is 110 Å². The van der Waals surface area contributed by atoms with Crippen LogP contribution in [0.4, 0.5) is 0 Å². The number of carbonyl (C=O) groups excluding carboxylic acids is 2. The van der Waals surface area contributed by atoms with Gasteiger partial charge in [0.1, 0.15) is 13.2 Å². The molecule has 3 aromatic carbocycles. The summed E-state index contributed by atoms with van der Waals surface area (Å²) in [5, 5.41) is 10.6. The lowest BCUT2D eigenvalue weighted by Crippen LogP contribution is -2.39. The molecule has 0 aliphatic carbocycles. The number of esters is 2. The Kier molecular flexibility index (Phi) is 8.18. The maximum absolute atomic E-state index is 12.5. The average molecular weight is 537 g/mol. The normalized spacial score (nSPS) is 16.2. The van der Waals surface area contributed by atoms with Gasteiger partial charge >= 0.3 is 11.9 Å². The molecule has 1 N–H and O–H groups in total. The Morgan fingerprint density at radius 2 is 1.69 bits per heavy atom.